The third-order valence-electron chi connectivity index (χ3n) is 5.73. The minimum atomic E-state index is -0.929. The number of hydrogen-bond donors (Lipinski definition) is 3. The lowest BCUT2D eigenvalue weighted by Gasteiger charge is -2.36. The molecule has 13 heteroatoms. The van der Waals surface area contributed by atoms with Crippen molar-refractivity contribution in [2.45, 2.75) is 18.4 Å². The van der Waals surface area contributed by atoms with E-state index in [-0.39, 0.29) is 11.9 Å². The summed E-state index contributed by atoms with van der Waals surface area (Å²) in [5, 5.41) is 12.4. The van der Waals surface area contributed by atoms with Gasteiger partial charge >= 0.3 is 12.1 Å². The molecule has 166 valence electrons. The third kappa shape index (κ3) is 3.30. The number of methoxy groups -OCH3 is 1. The number of carbonyl (C=O) groups is 3. The molecule has 0 unspecified atom stereocenters. The molecule has 5 rings (SSSR count). The third-order valence-corrected chi connectivity index (χ3v) is 6.73. The van der Waals surface area contributed by atoms with Gasteiger partial charge in [0.2, 0.25) is 5.88 Å². The SMILES string of the molecule is COc1ncc(-c2cnn(C)c2)c2sc(NC(=O)N3CCC4(CC3)NC(=O)NC4=O)nc12. The zero-order valence-electron chi connectivity index (χ0n) is 17.3. The van der Waals surface area contributed by atoms with E-state index in [0.717, 1.165) is 15.8 Å². The number of amides is 5. The van der Waals surface area contributed by atoms with Gasteiger partial charge in [0.25, 0.3) is 5.91 Å². The van der Waals surface area contributed by atoms with E-state index in [0.29, 0.717) is 42.5 Å². The Hall–Kier alpha value is -3.74. The molecule has 2 saturated heterocycles. The topological polar surface area (TPSA) is 143 Å². The van der Waals surface area contributed by atoms with Crippen LogP contribution in [0.1, 0.15) is 12.8 Å². The maximum absolute atomic E-state index is 12.8. The van der Waals surface area contributed by atoms with E-state index >= 15 is 0 Å². The van der Waals surface area contributed by atoms with Gasteiger partial charge in [-0.05, 0) is 12.8 Å². The van der Waals surface area contributed by atoms with Crippen molar-refractivity contribution >= 4 is 44.7 Å². The molecule has 0 bridgehead atoms. The van der Waals surface area contributed by atoms with Gasteiger partial charge in [-0.2, -0.15) is 5.10 Å². The van der Waals surface area contributed by atoms with E-state index in [9.17, 15) is 14.4 Å². The molecule has 2 aliphatic rings. The van der Waals surface area contributed by atoms with Crippen LogP contribution in [0.5, 0.6) is 5.88 Å². The lowest BCUT2D eigenvalue weighted by atomic mass is 9.88. The summed E-state index contributed by atoms with van der Waals surface area (Å²) in [7, 11) is 3.35. The number of likely N-dealkylation sites (tertiary alicyclic amines) is 1. The molecule has 12 nitrogen and oxygen atoms in total. The summed E-state index contributed by atoms with van der Waals surface area (Å²) in [5.41, 5.74) is 1.35. The van der Waals surface area contributed by atoms with Crippen LogP contribution < -0.4 is 20.7 Å². The number of aromatic nitrogens is 4. The van der Waals surface area contributed by atoms with Gasteiger partial charge in [-0.1, -0.05) is 11.3 Å². The number of rotatable bonds is 3. The molecule has 5 amide bonds. The highest BCUT2D eigenvalue weighted by molar-refractivity contribution is 7.23. The fraction of sp³-hybridized carbons (Fsp3) is 0.368. The predicted octanol–water partition coefficient (Wildman–Crippen LogP) is 1.31. The van der Waals surface area contributed by atoms with Crippen LogP contribution in [0.3, 0.4) is 0 Å². The van der Waals surface area contributed by atoms with Crippen LogP contribution in [0, 0.1) is 0 Å². The van der Waals surface area contributed by atoms with Crippen LogP contribution in [0.2, 0.25) is 0 Å². The summed E-state index contributed by atoms with van der Waals surface area (Å²) >= 11 is 1.32. The number of anilines is 1. The molecule has 32 heavy (non-hydrogen) atoms. The predicted molar refractivity (Wildman–Crippen MR) is 115 cm³/mol. The lowest BCUT2D eigenvalue weighted by molar-refractivity contribution is -0.125. The van der Waals surface area contributed by atoms with E-state index in [1.54, 1.807) is 22.0 Å². The smallest absolute Gasteiger partial charge is 0.323 e. The van der Waals surface area contributed by atoms with Gasteiger partial charge in [0, 0.05) is 43.7 Å². The molecule has 1 spiro atoms. The average molecular weight is 456 g/mol. The molecular weight excluding hydrogens is 436 g/mol. The Balaban J connectivity index is 1.36. The van der Waals surface area contributed by atoms with Crippen molar-refractivity contribution in [2.75, 3.05) is 25.5 Å². The molecule has 0 radical (unpaired) electrons. The second-order valence-corrected chi connectivity index (χ2v) is 8.69. The number of thiazole rings is 1. The number of imide groups is 1. The molecule has 3 aromatic heterocycles. The number of ether oxygens (including phenoxy) is 1. The Labute approximate surface area is 186 Å². The van der Waals surface area contributed by atoms with Crippen molar-refractivity contribution in [3.05, 3.63) is 18.6 Å². The van der Waals surface area contributed by atoms with Gasteiger partial charge in [0.15, 0.2) is 5.13 Å². The Kier molecular flexibility index (Phi) is 4.69. The number of pyridine rings is 1. The normalized spacial score (nSPS) is 17.5. The summed E-state index contributed by atoms with van der Waals surface area (Å²) in [4.78, 5) is 46.9. The zero-order valence-corrected chi connectivity index (χ0v) is 18.2. The molecule has 3 N–H and O–H groups in total. The lowest BCUT2D eigenvalue weighted by Crippen LogP contribution is -2.56. The van der Waals surface area contributed by atoms with Gasteiger partial charge in [-0.25, -0.2) is 19.6 Å². The quantitative estimate of drug-likeness (QED) is 0.504. The maximum atomic E-state index is 12.8. The number of aryl methyl sites for hydroxylation is 1. The Bertz CT molecular complexity index is 1240. The standard InChI is InChI=1S/C19H20N8O4S/c1-26-9-10(7-21-26)11-8-20-14(31-2)12-13(11)32-17(22-12)24-18(30)27-5-3-19(4-6-27)15(28)23-16(29)25-19/h7-9H,3-6H2,1-2H3,(H,22,24,30)(H2,23,25,28,29). The van der Waals surface area contributed by atoms with E-state index in [1.165, 1.54) is 18.4 Å². The second kappa shape index (κ2) is 7.44. The van der Waals surface area contributed by atoms with Crippen molar-refractivity contribution < 1.29 is 19.1 Å². The molecule has 0 aromatic carbocycles. The summed E-state index contributed by atoms with van der Waals surface area (Å²) in [6, 6.07) is -0.812. The average Bonchev–Trinajstić information content (AvgIpc) is 3.45. The van der Waals surface area contributed by atoms with Crippen molar-refractivity contribution in [1.82, 2.24) is 35.3 Å². The highest BCUT2D eigenvalue weighted by Gasteiger charge is 2.48. The van der Waals surface area contributed by atoms with Gasteiger partial charge in [0.1, 0.15) is 11.1 Å². The van der Waals surface area contributed by atoms with E-state index < -0.39 is 11.6 Å². The Morgan fingerprint density at radius 3 is 2.69 bits per heavy atom. The van der Waals surface area contributed by atoms with Crippen LogP contribution in [-0.2, 0) is 11.8 Å². The van der Waals surface area contributed by atoms with Crippen molar-refractivity contribution in [3.63, 3.8) is 0 Å². The first kappa shape index (κ1) is 20.2. The molecule has 5 heterocycles. The summed E-state index contributed by atoms with van der Waals surface area (Å²) in [5.74, 6) is 0.0311. The van der Waals surface area contributed by atoms with Crippen molar-refractivity contribution in [2.24, 2.45) is 7.05 Å². The molecule has 0 atom stereocenters. The van der Waals surface area contributed by atoms with Gasteiger partial charge in [-0.3, -0.25) is 20.1 Å². The fourth-order valence-corrected chi connectivity index (χ4v) is 4.98. The largest absolute Gasteiger partial charge is 0.479 e. The second-order valence-electron chi connectivity index (χ2n) is 7.69. The molecule has 2 fully saturated rings. The minimum absolute atomic E-state index is 0.321. The molecule has 2 aliphatic heterocycles. The highest BCUT2D eigenvalue weighted by Crippen LogP contribution is 2.38. The molecule has 0 saturated carbocycles. The van der Waals surface area contributed by atoms with Crippen LogP contribution in [-0.4, -0.2) is 68.4 Å². The van der Waals surface area contributed by atoms with Crippen LogP contribution in [0.25, 0.3) is 21.3 Å². The first-order chi connectivity index (χ1) is 15.4. The molecular formula is C19H20N8O4S. The number of carbonyl (C=O) groups excluding carboxylic acids is 3. The number of nitrogens with zero attached hydrogens (tertiary/aromatic N) is 5. The van der Waals surface area contributed by atoms with Gasteiger partial charge in [-0.15, -0.1) is 0 Å². The van der Waals surface area contributed by atoms with E-state index in [1.807, 2.05) is 13.2 Å². The van der Waals surface area contributed by atoms with Crippen molar-refractivity contribution in [3.8, 4) is 17.0 Å². The number of hydrogen-bond acceptors (Lipinski definition) is 8. The summed E-state index contributed by atoms with van der Waals surface area (Å²) < 4.78 is 7.87. The number of piperidine rings is 1. The fourth-order valence-electron chi connectivity index (χ4n) is 4.00. The molecule has 0 aliphatic carbocycles. The first-order valence-corrected chi connectivity index (χ1v) is 10.7. The number of fused-ring (bicyclic) bond motifs is 1. The van der Waals surface area contributed by atoms with E-state index in [4.69, 9.17) is 4.74 Å². The van der Waals surface area contributed by atoms with Crippen LogP contribution in [0.4, 0.5) is 14.7 Å². The molecule has 3 aromatic rings. The van der Waals surface area contributed by atoms with E-state index in [2.05, 4.69) is 31.0 Å². The van der Waals surface area contributed by atoms with Gasteiger partial charge < -0.3 is 15.0 Å². The van der Waals surface area contributed by atoms with Gasteiger partial charge in [0.05, 0.1) is 18.0 Å². The Morgan fingerprint density at radius 1 is 1.28 bits per heavy atom. The summed E-state index contributed by atoms with van der Waals surface area (Å²) in [6.07, 6.45) is 6.01. The number of nitrogens with one attached hydrogen (secondary N) is 3. The highest BCUT2D eigenvalue weighted by atomic mass is 32.1. The number of urea groups is 2. The van der Waals surface area contributed by atoms with Crippen molar-refractivity contribution in [1.29, 1.82) is 0 Å². The summed E-state index contributed by atoms with van der Waals surface area (Å²) in [6.45, 7) is 0.659. The Morgan fingerprint density at radius 2 is 2.06 bits per heavy atom. The zero-order chi connectivity index (χ0) is 22.5. The van der Waals surface area contributed by atoms with Crippen LogP contribution in [0.15, 0.2) is 18.6 Å². The maximum Gasteiger partial charge on any atom is 0.323 e. The minimum Gasteiger partial charge on any atom is -0.479 e. The monoisotopic (exact) mass is 456 g/mol. The van der Waals surface area contributed by atoms with Crippen LogP contribution >= 0.6 is 11.3 Å². The first-order valence-electron chi connectivity index (χ1n) is 9.90.